The van der Waals surface area contributed by atoms with Gasteiger partial charge in [-0.05, 0) is 19.8 Å². The molecule has 0 atom stereocenters. The second kappa shape index (κ2) is 7.22. The van der Waals surface area contributed by atoms with Crippen molar-refractivity contribution < 1.29 is 4.74 Å². The third-order valence-corrected chi connectivity index (χ3v) is 2.42. The highest BCUT2D eigenvalue weighted by molar-refractivity contribution is 5.36. The zero-order valence-electron chi connectivity index (χ0n) is 11.3. The van der Waals surface area contributed by atoms with Gasteiger partial charge in [-0.25, -0.2) is 9.97 Å². The average molecular weight is 237 g/mol. The molecule has 0 aliphatic heterocycles. The molecule has 0 unspecified atom stereocenters. The first-order valence-corrected chi connectivity index (χ1v) is 6.36. The van der Waals surface area contributed by atoms with E-state index in [0.29, 0.717) is 12.5 Å². The molecule has 0 amide bonds. The van der Waals surface area contributed by atoms with Crippen LogP contribution < -0.4 is 5.32 Å². The fourth-order valence-corrected chi connectivity index (χ4v) is 1.50. The van der Waals surface area contributed by atoms with Gasteiger partial charge in [-0.3, -0.25) is 0 Å². The molecule has 0 saturated heterocycles. The van der Waals surface area contributed by atoms with Crippen LogP contribution in [0.2, 0.25) is 0 Å². The van der Waals surface area contributed by atoms with E-state index in [-0.39, 0.29) is 0 Å². The van der Waals surface area contributed by atoms with E-state index in [1.54, 1.807) is 0 Å². The first kappa shape index (κ1) is 13.9. The normalized spacial score (nSPS) is 10.9. The lowest BCUT2D eigenvalue weighted by Gasteiger charge is -2.11. The fourth-order valence-electron chi connectivity index (χ4n) is 1.50. The Bertz CT molecular complexity index is 339. The van der Waals surface area contributed by atoms with E-state index in [4.69, 9.17) is 4.74 Å². The highest BCUT2D eigenvalue weighted by Gasteiger charge is 2.07. The van der Waals surface area contributed by atoms with Crippen LogP contribution in [0.3, 0.4) is 0 Å². The van der Waals surface area contributed by atoms with Crippen LogP contribution in [0.25, 0.3) is 0 Å². The summed E-state index contributed by atoms with van der Waals surface area (Å²) in [5, 5.41) is 3.24. The summed E-state index contributed by atoms with van der Waals surface area (Å²) in [7, 11) is 0. The highest BCUT2D eigenvalue weighted by Crippen LogP contribution is 2.15. The van der Waals surface area contributed by atoms with Crippen molar-refractivity contribution in [3.63, 3.8) is 0 Å². The third-order valence-electron chi connectivity index (χ3n) is 2.42. The van der Waals surface area contributed by atoms with Gasteiger partial charge < -0.3 is 10.1 Å². The van der Waals surface area contributed by atoms with Crippen LogP contribution in [0, 0.1) is 0 Å². The van der Waals surface area contributed by atoms with Crippen molar-refractivity contribution in [3.8, 4) is 0 Å². The number of hydrogen-bond acceptors (Lipinski definition) is 4. The summed E-state index contributed by atoms with van der Waals surface area (Å²) in [4.78, 5) is 9.03. The van der Waals surface area contributed by atoms with Crippen LogP contribution in [0.4, 0.5) is 5.82 Å². The van der Waals surface area contributed by atoms with Crippen LogP contribution in [0.1, 0.15) is 45.1 Å². The standard InChI is InChI=1S/C13H23N3O/c1-5-14-13-9-11(10(3)4)15-12(16-13)7-8-17-6-2/h9-10H,5-8H2,1-4H3,(H,14,15,16). The second-order valence-corrected chi connectivity index (χ2v) is 4.23. The van der Waals surface area contributed by atoms with Crippen LogP contribution in [-0.2, 0) is 11.2 Å². The van der Waals surface area contributed by atoms with E-state index in [0.717, 1.165) is 36.9 Å². The zero-order valence-corrected chi connectivity index (χ0v) is 11.3. The molecular formula is C13H23N3O. The van der Waals surface area contributed by atoms with E-state index in [1.165, 1.54) is 0 Å². The number of nitrogens with zero attached hydrogens (tertiary/aromatic N) is 2. The molecule has 0 radical (unpaired) electrons. The van der Waals surface area contributed by atoms with Gasteiger partial charge in [0.05, 0.1) is 6.61 Å². The molecule has 0 bridgehead atoms. The highest BCUT2D eigenvalue weighted by atomic mass is 16.5. The van der Waals surface area contributed by atoms with Gasteiger partial charge in [0, 0.05) is 31.3 Å². The van der Waals surface area contributed by atoms with Gasteiger partial charge in [0.1, 0.15) is 11.6 Å². The predicted octanol–water partition coefficient (Wildman–Crippen LogP) is 2.61. The Morgan fingerprint density at radius 2 is 2.06 bits per heavy atom. The average Bonchev–Trinajstić information content (AvgIpc) is 2.29. The van der Waals surface area contributed by atoms with Gasteiger partial charge in [0.2, 0.25) is 0 Å². The number of aromatic nitrogens is 2. The first-order chi connectivity index (χ1) is 8.17. The fraction of sp³-hybridized carbons (Fsp3) is 0.692. The Morgan fingerprint density at radius 3 is 2.65 bits per heavy atom. The lowest BCUT2D eigenvalue weighted by Crippen LogP contribution is -2.09. The number of hydrogen-bond donors (Lipinski definition) is 1. The summed E-state index contributed by atoms with van der Waals surface area (Å²) in [6.45, 7) is 10.6. The Hall–Kier alpha value is -1.16. The maximum absolute atomic E-state index is 5.34. The minimum atomic E-state index is 0.418. The molecule has 1 heterocycles. The molecule has 1 aromatic rings. The minimum Gasteiger partial charge on any atom is -0.381 e. The van der Waals surface area contributed by atoms with Crippen molar-refractivity contribution in [2.24, 2.45) is 0 Å². The van der Waals surface area contributed by atoms with E-state index < -0.39 is 0 Å². The first-order valence-electron chi connectivity index (χ1n) is 6.36. The number of ether oxygens (including phenoxy) is 1. The summed E-state index contributed by atoms with van der Waals surface area (Å²) < 4.78 is 5.34. The predicted molar refractivity (Wildman–Crippen MR) is 70.5 cm³/mol. The van der Waals surface area contributed by atoms with Crippen LogP contribution in [0.15, 0.2) is 6.07 Å². The second-order valence-electron chi connectivity index (χ2n) is 4.23. The van der Waals surface area contributed by atoms with E-state index >= 15 is 0 Å². The summed E-state index contributed by atoms with van der Waals surface area (Å²) in [5.74, 6) is 2.19. The smallest absolute Gasteiger partial charge is 0.133 e. The molecule has 1 aromatic heterocycles. The van der Waals surface area contributed by atoms with Crippen molar-refractivity contribution in [1.29, 1.82) is 0 Å². The Balaban J connectivity index is 2.79. The topological polar surface area (TPSA) is 47.0 Å². The van der Waals surface area contributed by atoms with Crippen LogP contribution >= 0.6 is 0 Å². The lowest BCUT2D eigenvalue weighted by molar-refractivity contribution is 0.149. The molecule has 96 valence electrons. The van der Waals surface area contributed by atoms with E-state index in [1.807, 2.05) is 13.0 Å². The number of rotatable bonds is 7. The Labute approximate surface area is 104 Å². The van der Waals surface area contributed by atoms with Gasteiger partial charge in [-0.2, -0.15) is 0 Å². The molecule has 1 N–H and O–H groups in total. The van der Waals surface area contributed by atoms with Crippen molar-refractivity contribution in [1.82, 2.24) is 9.97 Å². The Morgan fingerprint density at radius 1 is 1.29 bits per heavy atom. The SMILES string of the molecule is CCNc1cc(C(C)C)nc(CCOCC)n1. The molecule has 0 saturated carbocycles. The Kier molecular flexibility index (Phi) is 5.91. The molecule has 4 nitrogen and oxygen atoms in total. The van der Waals surface area contributed by atoms with Crippen LogP contribution in [-0.4, -0.2) is 29.7 Å². The quantitative estimate of drug-likeness (QED) is 0.740. The number of anilines is 1. The molecule has 0 aliphatic rings. The third kappa shape index (κ3) is 4.69. The molecule has 0 spiro atoms. The zero-order chi connectivity index (χ0) is 12.7. The van der Waals surface area contributed by atoms with Crippen molar-refractivity contribution in [3.05, 3.63) is 17.6 Å². The van der Waals surface area contributed by atoms with Crippen molar-refractivity contribution in [2.45, 2.75) is 40.0 Å². The molecule has 4 heteroatoms. The molecule has 0 aromatic carbocycles. The monoisotopic (exact) mass is 237 g/mol. The maximum atomic E-state index is 5.34. The summed E-state index contributed by atoms with van der Waals surface area (Å²) >= 11 is 0. The minimum absolute atomic E-state index is 0.418. The molecular weight excluding hydrogens is 214 g/mol. The van der Waals surface area contributed by atoms with Crippen LogP contribution in [0.5, 0.6) is 0 Å². The molecule has 0 fully saturated rings. The van der Waals surface area contributed by atoms with Gasteiger partial charge >= 0.3 is 0 Å². The van der Waals surface area contributed by atoms with Crippen molar-refractivity contribution >= 4 is 5.82 Å². The summed E-state index contributed by atoms with van der Waals surface area (Å²) in [5.41, 5.74) is 1.09. The molecule has 1 rings (SSSR count). The maximum Gasteiger partial charge on any atom is 0.133 e. The van der Waals surface area contributed by atoms with Gasteiger partial charge in [0.15, 0.2) is 0 Å². The summed E-state index contributed by atoms with van der Waals surface area (Å²) in [6.07, 6.45) is 0.771. The van der Waals surface area contributed by atoms with E-state index in [9.17, 15) is 0 Å². The lowest BCUT2D eigenvalue weighted by atomic mass is 10.1. The largest absolute Gasteiger partial charge is 0.381 e. The van der Waals surface area contributed by atoms with Crippen molar-refractivity contribution in [2.75, 3.05) is 25.1 Å². The molecule has 17 heavy (non-hydrogen) atoms. The molecule has 0 aliphatic carbocycles. The summed E-state index contributed by atoms with van der Waals surface area (Å²) in [6, 6.07) is 2.03. The van der Waals surface area contributed by atoms with E-state index in [2.05, 4.69) is 36.1 Å². The van der Waals surface area contributed by atoms with Gasteiger partial charge in [0.25, 0.3) is 0 Å². The number of nitrogens with one attached hydrogen (secondary N) is 1. The van der Waals surface area contributed by atoms with Gasteiger partial charge in [-0.15, -0.1) is 0 Å². The van der Waals surface area contributed by atoms with Gasteiger partial charge in [-0.1, -0.05) is 13.8 Å².